The number of nitro benzene ring substituents is 1. The number of fused-ring (bicyclic) bond motifs is 1. The van der Waals surface area contributed by atoms with Crippen molar-refractivity contribution in [3.8, 4) is 11.1 Å². The number of nitrogens with zero attached hydrogens (tertiary/aromatic N) is 3. The summed E-state index contributed by atoms with van der Waals surface area (Å²) in [5.74, 6) is -1.06. The number of hydrogen-bond acceptors (Lipinski definition) is 6. The minimum atomic E-state index is -0.961. The van der Waals surface area contributed by atoms with Crippen LogP contribution < -0.4 is 10.6 Å². The van der Waals surface area contributed by atoms with Crippen LogP contribution in [0.4, 0.5) is 21.6 Å². The molecule has 0 fully saturated rings. The molecule has 0 radical (unpaired) electrons. The van der Waals surface area contributed by atoms with Crippen LogP contribution in [0.2, 0.25) is 0 Å². The Kier molecular flexibility index (Phi) is 5.65. The van der Waals surface area contributed by atoms with Gasteiger partial charge in [0.1, 0.15) is 23.4 Å². The van der Waals surface area contributed by atoms with Gasteiger partial charge in [0, 0.05) is 18.7 Å². The Bertz CT molecular complexity index is 1210. The molecule has 4 rings (SSSR count). The first-order chi connectivity index (χ1) is 15.4. The number of nitro groups is 1. The first-order valence-electron chi connectivity index (χ1n) is 9.59. The molecule has 10 nitrogen and oxygen atoms in total. The van der Waals surface area contributed by atoms with Crippen molar-refractivity contribution in [3.05, 3.63) is 70.2 Å². The molecule has 0 saturated heterocycles. The molecule has 0 spiro atoms. The lowest BCUT2D eigenvalue weighted by Crippen LogP contribution is -2.24. The number of aromatic nitrogens is 2. The monoisotopic (exact) mass is 439 g/mol. The van der Waals surface area contributed by atoms with Crippen LogP contribution in [0.15, 0.2) is 48.5 Å². The highest BCUT2D eigenvalue weighted by Crippen LogP contribution is 2.39. The summed E-state index contributed by atoms with van der Waals surface area (Å²) in [6, 6.07) is 10.5. The van der Waals surface area contributed by atoms with Crippen molar-refractivity contribution < 1.29 is 23.6 Å². The zero-order valence-corrected chi connectivity index (χ0v) is 16.9. The Morgan fingerprint density at radius 1 is 1.28 bits per heavy atom. The van der Waals surface area contributed by atoms with Gasteiger partial charge in [-0.25, -0.2) is 9.07 Å². The van der Waals surface area contributed by atoms with Gasteiger partial charge in [-0.2, -0.15) is 5.10 Å². The lowest BCUT2D eigenvalue weighted by molar-refractivity contribution is -0.383. The minimum Gasteiger partial charge on any atom is -0.378 e. The number of methoxy groups -OCH3 is 1. The van der Waals surface area contributed by atoms with E-state index in [1.54, 1.807) is 18.2 Å². The minimum absolute atomic E-state index is 0.0358. The third-order valence-corrected chi connectivity index (χ3v) is 4.99. The van der Waals surface area contributed by atoms with Gasteiger partial charge in [0.25, 0.3) is 11.6 Å². The van der Waals surface area contributed by atoms with Gasteiger partial charge < -0.3 is 15.4 Å². The van der Waals surface area contributed by atoms with Gasteiger partial charge in [0.2, 0.25) is 5.91 Å². The Balaban J connectivity index is 1.63. The summed E-state index contributed by atoms with van der Waals surface area (Å²) in [5, 5.41) is 20.8. The predicted octanol–water partition coefficient (Wildman–Crippen LogP) is 3.27. The van der Waals surface area contributed by atoms with E-state index in [9.17, 15) is 24.1 Å². The van der Waals surface area contributed by atoms with E-state index >= 15 is 0 Å². The average molecular weight is 439 g/mol. The fourth-order valence-electron chi connectivity index (χ4n) is 3.59. The third kappa shape index (κ3) is 3.93. The Labute approximate surface area is 181 Å². The molecule has 1 unspecified atom stereocenters. The maximum Gasteiger partial charge on any atom is 0.292 e. The number of anilines is 2. The summed E-state index contributed by atoms with van der Waals surface area (Å²) in [6.45, 7) is 0.137. The molecule has 1 aliphatic heterocycles. The van der Waals surface area contributed by atoms with Crippen LogP contribution in [0.25, 0.3) is 11.1 Å². The van der Waals surface area contributed by atoms with E-state index < -0.39 is 28.6 Å². The number of para-hydroxylation sites is 2. The second-order valence-corrected chi connectivity index (χ2v) is 7.09. The fourth-order valence-corrected chi connectivity index (χ4v) is 3.59. The molecule has 2 N–H and O–H groups in total. The van der Waals surface area contributed by atoms with Crippen LogP contribution in [-0.4, -0.2) is 33.6 Å². The number of benzene rings is 2. The highest BCUT2D eigenvalue weighted by molar-refractivity contribution is 6.04. The van der Waals surface area contributed by atoms with Crippen LogP contribution in [0.3, 0.4) is 0 Å². The van der Waals surface area contributed by atoms with E-state index in [0.29, 0.717) is 22.6 Å². The summed E-state index contributed by atoms with van der Waals surface area (Å²) in [7, 11) is 1.50. The highest BCUT2D eigenvalue weighted by Gasteiger charge is 2.37. The second kappa shape index (κ2) is 8.55. The van der Waals surface area contributed by atoms with Crippen LogP contribution in [-0.2, 0) is 20.9 Å². The van der Waals surface area contributed by atoms with Gasteiger partial charge in [-0.3, -0.25) is 19.7 Å². The Hall–Kier alpha value is -4.12. The van der Waals surface area contributed by atoms with Gasteiger partial charge in [0.15, 0.2) is 0 Å². The molecule has 2 heterocycles. The molecule has 0 saturated carbocycles. The Morgan fingerprint density at radius 2 is 2.00 bits per heavy atom. The first-order valence-corrected chi connectivity index (χ1v) is 9.59. The van der Waals surface area contributed by atoms with Crippen LogP contribution in [0.5, 0.6) is 0 Å². The molecule has 3 aromatic rings. The van der Waals surface area contributed by atoms with Crippen LogP contribution in [0, 0.1) is 15.9 Å². The number of carbonyl (C=O) groups excluding carboxylic acids is 2. The van der Waals surface area contributed by atoms with Crippen molar-refractivity contribution in [2.75, 3.05) is 17.7 Å². The number of nitrogens with one attached hydrogen (secondary N) is 2. The summed E-state index contributed by atoms with van der Waals surface area (Å²) in [5.41, 5.74) is 1.50. The normalized spacial score (nSPS) is 14.7. The maximum atomic E-state index is 13.4. The van der Waals surface area contributed by atoms with Crippen molar-refractivity contribution in [1.82, 2.24) is 9.78 Å². The first kappa shape index (κ1) is 21.1. The quantitative estimate of drug-likeness (QED) is 0.430. The molecule has 2 amide bonds. The van der Waals surface area contributed by atoms with Gasteiger partial charge >= 0.3 is 0 Å². The van der Waals surface area contributed by atoms with Crippen LogP contribution >= 0.6 is 0 Å². The van der Waals surface area contributed by atoms with Gasteiger partial charge in [-0.15, -0.1) is 0 Å². The molecule has 1 aromatic heterocycles. The van der Waals surface area contributed by atoms with Gasteiger partial charge in [-0.05, 0) is 23.8 Å². The van der Waals surface area contributed by atoms with Crippen molar-refractivity contribution >= 4 is 29.0 Å². The smallest absolute Gasteiger partial charge is 0.292 e. The maximum absolute atomic E-state index is 13.4. The lowest BCUT2D eigenvalue weighted by Gasteiger charge is -2.10. The van der Waals surface area contributed by atoms with Crippen molar-refractivity contribution in [2.45, 2.75) is 19.1 Å². The summed E-state index contributed by atoms with van der Waals surface area (Å²) in [6.07, 6.45) is -0.290. The number of ether oxygens (including phenoxy) is 1. The highest BCUT2D eigenvalue weighted by atomic mass is 19.1. The van der Waals surface area contributed by atoms with E-state index in [-0.39, 0.29) is 24.4 Å². The lowest BCUT2D eigenvalue weighted by atomic mass is 10.1. The molecule has 0 bridgehead atoms. The molecule has 1 atom stereocenters. The van der Waals surface area contributed by atoms with Gasteiger partial charge in [0.05, 0.1) is 23.6 Å². The molecular formula is C21H18FN5O5. The largest absolute Gasteiger partial charge is 0.378 e. The van der Waals surface area contributed by atoms with Crippen molar-refractivity contribution in [3.63, 3.8) is 0 Å². The molecule has 32 heavy (non-hydrogen) atoms. The molecular weight excluding hydrogens is 421 g/mol. The van der Waals surface area contributed by atoms with E-state index in [0.717, 1.165) is 0 Å². The van der Waals surface area contributed by atoms with Crippen molar-refractivity contribution in [1.29, 1.82) is 0 Å². The summed E-state index contributed by atoms with van der Waals surface area (Å²) < 4.78 is 20.0. The zero-order valence-electron chi connectivity index (χ0n) is 16.9. The Morgan fingerprint density at radius 3 is 2.69 bits per heavy atom. The molecule has 1 aliphatic rings. The number of carbonyl (C=O) groups is 2. The number of halogens is 1. The number of rotatable bonds is 7. The average Bonchev–Trinajstić information content (AvgIpc) is 3.24. The van der Waals surface area contributed by atoms with Gasteiger partial charge in [-0.1, -0.05) is 24.3 Å². The number of hydrogen-bond donors (Lipinski definition) is 2. The molecule has 2 aromatic carbocycles. The van der Waals surface area contributed by atoms with E-state index in [1.165, 1.54) is 42.1 Å². The van der Waals surface area contributed by atoms with E-state index in [4.69, 9.17) is 4.74 Å². The SMILES string of the molecule is COCc1nn2c(c1-c1ccc(F)cc1)NC(=O)C2CC(=O)Nc1ccccc1[N+](=O)[O-]. The summed E-state index contributed by atoms with van der Waals surface area (Å²) >= 11 is 0. The van der Waals surface area contributed by atoms with Crippen LogP contribution in [0.1, 0.15) is 18.2 Å². The van der Waals surface area contributed by atoms with E-state index in [2.05, 4.69) is 15.7 Å². The number of amides is 2. The molecule has 164 valence electrons. The second-order valence-electron chi connectivity index (χ2n) is 7.09. The summed E-state index contributed by atoms with van der Waals surface area (Å²) in [4.78, 5) is 35.8. The topological polar surface area (TPSA) is 128 Å². The van der Waals surface area contributed by atoms with E-state index in [1.807, 2.05) is 0 Å². The molecule has 0 aliphatic carbocycles. The van der Waals surface area contributed by atoms with Crippen molar-refractivity contribution in [2.24, 2.45) is 0 Å². The zero-order chi connectivity index (χ0) is 22.8. The standard InChI is InChI=1S/C21H18FN5O5/c1-32-11-15-19(12-6-8-13(22)9-7-12)20-24-21(29)17(26(20)25-15)10-18(28)23-14-4-2-3-5-16(14)27(30)31/h2-9,17H,10-11H2,1H3,(H,23,28)(H,24,29). The molecule has 11 heteroatoms. The fraction of sp³-hybridized carbons (Fsp3) is 0.190. The predicted molar refractivity (Wildman–Crippen MR) is 112 cm³/mol. The third-order valence-electron chi connectivity index (χ3n) is 4.99.